The van der Waals surface area contributed by atoms with Gasteiger partial charge in [-0.05, 0) is 12.5 Å². The topological polar surface area (TPSA) is 54.4 Å². The van der Waals surface area contributed by atoms with Gasteiger partial charge in [0, 0.05) is 35.8 Å². The molecule has 2 N–H and O–H groups in total. The first-order valence-electron chi connectivity index (χ1n) is 6.23. The Kier molecular flexibility index (Phi) is 4.76. The number of thiazole rings is 1. The number of aromatic hydroxyl groups is 1. The van der Waals surface area contributed by atoms with E-state index < -0.39 is 0 Å². The van der Waals surface area contributed by atoms with E-state index in [0.29, 0.717) is 12.3 Å². The molecule has 0 bridgehead atoms. The van der Waals surface area contributed by atoms with Gasteiger partial charge in [-0.15, -0.1) is 11.3 Å². The minimum absolute atomic E-state index is 0.250. The summed E-state index contributed by atoms with van der Waals surface area (Å²) >= 11 is 1.72. The zero-order valence-electron chi connectivity index (χ0n) is 11.1. The van der Waals surface area contributed by atoms with Crippen molar-refractivity contribution in [3.8, 4) is 11.5 Å². The van der Waals surface area contributed by atoms with E-state index in [1.54, 1.807) is 24.5 Å². The Labute approximate surface area is 117 Å². The fourth-order valence-corrected chi connectivity index (χ4v) is 2.55. The molecule has 1 aromatic carbocycles. The lowest BCUT2D eigenvalue weighted by molar-refractivity contribution is 0.406. The van der Waals surface area contributed by atoms with E-state index in [1.807, 2.05) is 18.3 Å². The lowest BCUT2D eigenvalue weighted by atomic mass is 10.2. The predicted molar refractivity (Wildman–Crippen MR) is 76.7 cm³/mol. The Morgan fingerprint density at radius 1 is 1.37 bits per heavy atom. The molecule has 1 heterocycles. The van der Waals surface area contributed by atoms with Gasteiger partial charge in [0.2, 0.25) is 0 Å². The van der Waals surface area contributed by atoms with Gasteiger partial charge in [-0.1, -0.05) is 13.0 Å². The summed E-state index contributed by atoms with van der Waals surface area (Å²) in [5, 5.41) is 14.2. The quantitative estimate of drug-likeness (QED) is 0.853. The van der Waals surface area contributed by atoms with Crippen molar-refractivity contribution in [3.63, 3.8) is 0 Å². The maximum absolute atomic E-state index is 9.83. The summed E-state index contributed by atoms with van der Waals surface area (Å²) < 4.78 is 5.05. The molecule has 4 nitrogen and oxygen atoms in total. The van der Waals surface area contributed by atoms with Crippen LogP contribution in [0.1, 0.15) is 22.4 Å². The van der Waals surface area contributed by atoms with Gasteiger partial charge in [-0.3, -0.25) is 0 Å². The Bertz CT molecular complexity index is 540. The van der Waals surface area contributed by atoms with Crippen molar-refractivity contribution in [2.45, 2.75) is 26.4 Å². The predicted octanol–water partition coefficient (Wildman–Crippen LogP) is 2.71. The molecule has 0 saturated carbocycles. The molecule has 19 heavy (non-hydrogen) atoms. The molecular formula is C14H18N2O2S. The van der Waals surface area contributed by atoms with Crippen molar-refractivity contribution in [2.75, 3.05) is 7.11 Å². The summed E-state index contributed by atoms with van der Waals surface area (Å²) in [4.78, 5) is 5.64. The molecule has 0 aliphatic carbocycles. The molecule has 102 valence electrons. The second-order valence-electron chi connectivity index (χ2n) is 4.17. The Morgan fingerprint density at radius 3 is 2.84 bits per heavy atom. The van der Waals surface area contributed by atoms with Crippen LogP contribution in [0, 0.1) is 0 Å². The van der Waals surface area contributed by atoms with Crippen LogP contribution >= 0.6 is 11.3 Å². The summed E-state index contributed by atoms with van der Waals surface area (Å²) in [6.45, 7) is 3.45. The number of benzene rings is 1. The average molecular weight is 278 g/mol. The highest BCUT2D eigenvalue weighted by molar-refractivity contribution is 7.11. The largest absolute Gasteiger partial charge is 0.507 e. The lowest BCUT2D eigenvalue weighted by Crippen LogP contribution is -2.12. The van der Waals surface area contributed by atoms with E-state index in [1.165, 1.54) is 4.88 Å². The highest BCUT2D eigenvalue weighted by atomic mass is 32.1. The Balaban J connectivity index is 1.88. The number of ether oxygens (including phenoxy) is 1. The minimum atomic E-state index is 0.250. The molecule has 1 aromatic heterocycles. The van der Waals surface area contributed by atoms with Gasteiger partial charge >= 0.3 is 0 Å². The van der Waals surface area contributed by atoms with E-state index in [4.69, 9.17) is 4.74 Å². The summed E-state index contributed by atoms with van der Waals surface area (Å²) in [6, 6.07) is 5.32. The van der Waals surface area contributed by atoms with Gasteiger partial charge in [-0.25, -0.2) is 4.98 Å². The van der Waals surface area contributed by atoms with Crippen molar-refractivity contribution in [2.24, 2.45) is 0 Å². The van der Waals surface area contributed by atoms with Crippen LogP contribution in [-0.2, 0) is 19.5 Å². The molecule has 0 spiro atoms. The van der Waals surface area contributed by atoms with Gasteiger partial charge in [-0.2, -0.15) is 0 Å². The van der Waals surface area contributed by atoms with Crippen molar-refractivity contribution in [3.05, 3.63) is 39.8 Å². The molecule has 0 aliphatic rings. The van der Waals surface area contributed by atoms with E-state index in [9.17, 15) is 5.11 Å². The van der Waals surface area contributed by atoms with Crippen LogP contribution in [0.4, 0.5) is 0 Å². The van der Waals surface area contributed by atoms with Crippen LogP contribution in [0.2, 0.25) is 0 Å². The number of aryl methyl sites for hydroxylation is 1. The highest BCUT2D eigenvalue weighted by Crippen LogP contribution is 2.23. The Morgan fingerprint density at radius 2 is 2.21 bits per heavy atom. The van der Waals surface area contributed by atoms with Crippen LogP contribution in [0.3, 0.4) is 0 Å². The van der Waals surface area contributed by atoms with Crippen molar-refractivity contribution < 1.29 is 9.84 Å². The number of hydrogen-bond acceptors (Lipinski definition) is 5. The van der Waals surface area contributed by atoms with Crippen molar-refractivity contribution >= 4 is 11.3 Å². The monoisotopic (exact) mass is 278 g/mol. The number of methoxy groups -OCH3 is 1. The molecule has 0 saturated heterocycles. The molecule has 0 atom stereocenters. The second-order valence-corrected chi connectivity index (χ2v) is 5.37. The molecular weight excluding hydrogens is 260 g/mol. The van der Waals surface area contributed by atoms with Crippen LogP contribution in [0.15, 0.2) is 24.4 Å². The van der Waals surface area contributed by atoms with E-state index in [2.05, 4.69) is 17.2 Å². The third-order valence-corrected chi connectivity index (χ3v) is 3.98. The highest BCUT2D eigenvalue weighted by Gasteiger charge is 2.04. The third kappa shape index (κ3) is 3.68. The first-order chi connectivity index (χ1) is 9.22. The number of nitrogens with zero attached hydrogens (tertiary/aromatic N) is 1. The normalized spacial score (nSPS) is 10.6. The molecule has 2 rings (SSSR count). The SMILES string of the molecule is CCc1cnc(CNCc2ccc(OC)cc2O)s1. The van der Waals surface area contributed by atoms with E-state index in [0.717, 1.165) is 23.5 Å². The fourth-order valence-electron chi connectivity index (χ4n) is 1.72. The number of rotatable bonds is 6. The lowest BCUT2D eigenvalue weighted by Gasteiger charge is -2.07. The number of hydrogen-bond donors (Lipinski definition) is 2. The van der Waals surface area contributed by atoms with Gasteiger partial charge in [0.25, 0.3) is 0 Å². The van der Waals surface area contributed by atoms with Gasteiger partial charge in [0.1, 0.15) is 16.5 Å². The zero-order chi connectivity index (χ0) is 13.7. The molecule has 5 heteroatoms. The minimum Gasteiger partial charge on any atom is -0.507 e. The smallest absolute Gasteiger partial charge is 0.123 e. The average Bonchev–Trinajstić information content (AvgIpc) is 2.88. The summed E-state index contributed by atoms with van der Waals surface area (Å²) in [5.74, 6) is 0.911. The van der Waals surface area contributed by atoms with Crippen LogP contribution in [0.25, 0.3) is 0 Å². The maximum atomic E-state index is 9.83. The van der Waals surface area contributed by atoms with Crippen LogP contribution in [0.5, 0.6) is 11.5 Å². The molecule has 0 radical (unpaired) electrons. The van der Waals surface area contributed by atoms with Gasteiger partial charge in [0.05, 0.1) is 7.11 Å². The summed E-state index contributed by atoms with van der Waals surface area (Å²) in [5.41, 5.74) is 0.855. The maximum Gasteiger partial charge on any atom is 0.123 e. The van der Waals surface area contributed by atoms with Crippen LogP contribution < -0.4 is 10.1 Å². The molecule has 0 aliphatic heterocycles. The summed E-state index contributed by atoms with van der Waals surface area (Å²) in [7, 11) is 1.58. The second kappa shape index (κ2) is 6.54. The number of aromatic nitrogens is 1. The molecule has 0 unspecified atom stereocenters. The van der Waals surface area contributed by atoms with Gasteiger partial charge in [0.15, 0.2) is 0 Å². The first kappa shape index (κ1) is 13.8. The number of phenolic OH excluding ortho intramolecular Hbond substituents is 1. The van der Waals surface area contributed by atoms with Gasteiger partial charge < -0.3 is 15.2 Å². The Hall–Kier alpha value is -1.59. The number of nitrogens with one attached hydrogen (secondary N) is 1. The molecule has 0 fully saturated rings. The third-order valence-electron chi connectivity index (χ3n) is 2.83. The zero-order valence-corrected chi connectivity index (χ0v) is 12.0. The van der Waals surface area contributed by atoms with E-state index in [-0.39, 0.29) is 5.75 Å². The molecule has 2 aromatic rings. The molecule has 0 amide bonds. The van der Waals surface area contributed by atoms with E-state index >= 15 is 0 Å². The first-order valence-corrected chi connectivity index (χ1v) is 7.04. The fraction of sp³-hybridized carbons (Fsp3) is 0.357. The number of phenols is 1. The standard InChI is InChI=1S/C14H18N2O2S/c1-3-12-8-16-14(19-12)9-15-7-10-4-5-11(18-2)6-13(10)17/h4-6,8,15,17H,3,7,9H2,1-2H3. The van der Waals surface area contributed by atoms with Crippen LogP contribution in [-0.4, -0.2) is 17.2 Å². The van der Waals surface area contributed by atoms with Crippen molar-refractivity contribution in [1.82, 2.24) is 10.3 Å². The summed E-state index contributed by atoms with van der Waals surface area (Å²) in [6.07, 6.45) is 2.95. The van der Waals surface area contributed by atoms with Crippen molar-refractivity contribution in [1.29, 1.82) is 0 Å².